The Bertz CT molecular complexity index is 1290. The average Bonchev–Trinajstić information content (AvgIpc) is 2.99. The molecule has 1 heterocycles. The molecule has 3 atom stereocenters. The molecule has 2 aromatic rings. The fourth-order valence-electron chi connectivity index (χ4n) is 5.91. The molecule has 1 aliphatic carbocycles. The van der Waals surface area contributed by atoms with E-state index in [1.165, 1.54) is 0 Å². The Morgan fingerprint density at radius 3 is 2.30 bits per heavy atom. The molecule has 4 rings (SSSR count). The van der Waals surface area contributed by atoms with E-state index in [4.69, 9.17) is 37.4 Å². The van der Waals surface area contributed by atoms with Crippen molar-refractivity contribution in [3.8, 4) is 5.75 Å². The number of nitrogens with zero attached hydrogens (tertiary/aromatic N) is 2. The zero-order valence-electron chi connectivity index (χ0n) is 25.9. The van der Waals surface area contributed by atoms with Gasteiger partial charge in [0.25, 0.3) is 0 Å². The van der Waals surface area contributed by atoms with Gasteiger partial charge in [0.05, 0.1) is 19.3 Å². The quantitative estimate of drug-likeness (QED) is 0.334. The zero-order chi connectivity index (χ0) is 31.9. The fraction of sp³-hybridized carbons (Fsp3) is 0.545. The first-order valence-corrected chi connectivity index (χ1v) is 16.0. The summed E-state index contributed by atoms with van der Waals surface area (Å²) in [6.07, 6.45) is 3.79. The number of carbonyl (C=O) groups excluding carboxylic acids is 3. The summed E-state index contributed by atoms with van der Waals surface area (Å²) in [4.78, 5) is 43.4. The van der Waals surface area contributed by atoms with Crippen LogP contribution in [0.1, 0.15) is 62.4 Å². The van der Waals surface area contributed by atoms with Crippen LogP contribution in [0, 0.1) is 5.92 Å². The molecule has 2 aliphatic rings. The number of amides is 2. The molecule has 240 valence electrons. The summed E-state index contributed by atoms with van der Waals surface area (Å²) >= 11 is 12.5. The maximum Gasteiger partial charge on any atom is 0.408 e. The number of halogens is 2. The highest BCUT2D eigenvalue weighted by molar-refractivity contribution is 6.35. The molecule has 0 bridgehead atoms. The van der Waals surface area contributed by atoms with Gasteiger partial charge in [-0.3, -0.25) is 9.69 Å². The lowest BCUT2D eigenvalue weighted by Crippen LogP contribution is -2.58. The number of hydrogen-bond acceptors (Lipinski definition) is 7. The molecular formula is C33H43Cl2N3O6. The van der Waals surface area contributed by atoms with E-state index >= 15 is 0 Å². The van der Waals surface area contributed by atoms with E-state index in [0.717, 1.165) is 25.7 Å². The minimum atomic E-state index is -0.852. The van der Waals surface area contributed by atoms with Gasteiger partial charge < -0.3 is 24.4 Å². The van der Waals surface area contributed by atoms with Crippen molar-refractivity contribution in [2.45, 2.75) is 70.6 Å². The third-order valence-electron chi connectivity index (χ3n) is 8.15. The molecular weight excluding hydrogens is 605 g/mol. The standard InChI is InChI=1S/C33H43Cl2N3O6/c1-33(2,3)44-32(41)36-28(19-23-9-12-25(34)20-27(23)35)30(39)38-17-15-37(16-18-38)29-8-6-5-7-24(29)21-43-31(40)22-10-13-26(42-4)14-11-22/h9-14,20,24,28-29H,5-8,15-19,21H2,1-4H3,(H,36,41)/t24-,28?,29+/m0/s1. The summed E-state index contributed by atoms with van der Waals surface area (Å²) in [5.41, 5.74) is 0.499. The van der Waals surface area contributed by atoms with Crippen molar-refractivity contribution in [1.29, 1.82) is 0 Å². The lowest BCUT2D eigenvalue weighted by molar-refractivity contribution is -0.136. The van der Waals surface area contributed by atoms with E-state index in [-0.39, 0.29) is 30.3 Å². The normalized spacial score (nSPS) is 20.0. The average molecular weight is 649 g/mol. The Balaban J connectivity index is 1.37. The molecule has 1 unspecified atom stereocenters. The number of esters is 1. The van der Waals surface area contributed by atoms with Gasteiger partial charge in [-0.2, -0.15) is 0 Å². The highest BCUT2D eigenvalue weighted by Crippen LogP contribution is 2.30. The molecule has 2 fully saturated rings. The second-order valence-electron chi connectivity index (χ2n) is 12.4. The summed E-state index contributed by atoms with van der Waals surface area (Å²) in [7, 11) is 1.59. The molecule has 11 heteroatoms. The van der Waals surface area contributed by atoms with Crippen LogP contribution >= 0.6 is 23.2 Å². The molecule has 1 N–H and O–H groups in total. The van der Waals surface area contributed by atoms with Crippen LogP contribution in [0.2, 0.25) is 10.0 Å². The van der Waals surface area contributed by atoms with Gasteiger partial charge >= 0.3 is 12.1 Å². The van der Waals surface area contributed by atoms with Gasteiger partial charge in [0.2, 0.25) is 5.91 Å². The van der Waals surface area contributed by atoms with Crippen LogP contribution < -0.4 is 10.1 Å². The molecule has 2 aromatic carbocycles. The summed E-state index contributed by atoms with van der Waals surface area (Å²) in [5, 5.41) is 3.70. The maximum absolute atomic E-state index is 13.8. The Labute approximate surface area is 270 Å². The fourth-order valence-corrected chi connectivity index (χ4v) is 6.39. The number of methoxy groups -OCH3 is 1. The van der Waals surface area contributed by atoms with Gasteiger partial charge in [0.15, 0.2) is 0 Å². The van der Waals surface area contributed by atoms with Crippen LogP contribution in [0.3, 0.4) is 0 Å². The van der Waals surface area contributed by atoms with Crippen molar-refractivity contribution in [2.24, 2.45) is 5.92 Å². The van der Waals surface area contributed by atoms with E-state index < -0.39 is 17.7 Å². The van der Waals surface area contributed by atoms with Gasteiger partial charge in [-0.15, -0.1) is 0 Å². The Kier molecular flexibility index (Phi) is 11.8. The highest BCUT2D eigenvalue weighted by Gasteiger charge is 2.36. The van der Waals surface area contributed by atoms with Crippen LogP contribution in [0.4, 0.5) is 4.79 Å². The SMILES string of the molecule is COc1ccc(C(=O)OC[C@@H]2CCCC[C@H]2N2CCN(C(=O)C(Cc3ccc(Cl)cc3Cl)NC(=O)OC(C)(C)C)CC2)cc1. The van der Waals surface area contributed by atoms with Crippen LogP contribution in [-0.2, 0) is 20.7 Å². The van der Waals surface area contributed by atoms with Crippen molar-refractivity contribution in [3.63, 3.8) is 0 Å². The third-order valence-corrected chi connectivity index (χ3v) is 8.73. The Hall–Kier alpha value is -3.01. The molecule has 1 saturated carbocycles. The van der Waals surface area contributed by atoms with E-state index in [9.17, 15) is 14.4 Å². The Morgan fingerprint density at radius 1 is 0.977 bits per heavy atom. The number of rotatable bonds is 9. The summed E-state index contributed by atoms with van der Waals surface area (Å²) < 4.78 is 16.4. The van der Waals surface area contributed by atoms with Gasteiger partial charge in [0.1, 0.15) is 17.4 Å². The van der Waals surface area contributed by atoms with E-state index in [0.29, 0.717) is 59.7 Å². The highest BCUT2D eigenvalue weighted by atomic mass is 35.5. The number of ether oxygens (including phenoxy) is 3. The topological polar surface area (TPSA) is 97.4 Å². The van der Waals surface area contributed by atoms with Crippen LogP contribution in [0.5, 0.6) is 5.75 Å². The molecule has 0 spiro atoms. The number of piperazine rings is 1. The van der Waals surface area contributed by atoms with Gasteiger partial charge in [-0.1, -0.05) is 42.1 Å². The first-order valence-electron chi connectivity index (χ1n) is 15.2. The largest absolute Gasteiger partial charge is 0.497 e. The number of carbonyl (C=O) groups is 3. The van der Waals surface area contributed by atoms with Crippen molar-refractivity contribution in [3.05, 3.63) is 63.6 Å². The number of alkyl carbamates (subject to hydrolysis) is 1. The second kappa shape index (κ2) is 15.3. The van der Waals surface area contributed by atoms with Gasteiger partial charge in [-0.25, -0.2) is 9.59 Å². The van der Waals surface area contributed by atoms with Gasteiger partial charge in [-0.05, 0) is 75.6 Å². The van der Waals surface area contributed by atoms with E-state index in [1.54, 1.807) is 75.2 Å². The van der Waals surface area contributed by atoms with Crippen molar-refractivity contribution in [1.82, 2.24) is 15.1 Å². The second-order valence-corrected chi connectivity index (χ2v) is 13.3. The third kappa shape index (κ3) is 9.49. The van der Waals surface area contributed by atoms with Crippen LogP contribution in [-0.4, -0.2) is 85.3 Å². The number of nitrogens with one attached hydrogen (secondary N) is 1. The first-order chi connectivity index (χ1) is 20.9. The molecule has 9 nitrogen and oxygen atoms in total. The maximum atomic E-state index is 13.8. The smallest absolute Gasteiger partial charge is 0.408 e. The van der Waals surface area contributed by atoms with E-state index in [1.807, 2.05) is 0 Å². The molecule has 0 radical (unpaired) electrons. The minimum absolute atomic E-state index is 0.185. The predicted molar refractivity (Wildman–Crippen MR) is 170 cm³/mol. The summed E-state index contributed by atoms with van der Waals surface area (Å²) in [6.45, 7) is 8.12. The molecule has 0 aromatic heterocycles. The van der Waals surface area contributed by atoms with Crippen molar-refractivity contribution >= 4 is 41.2 Å². The molecule has 1 saturated heterocycles. The lowest BCUT2D eigenvalue weighted by atomic mass is 9.83. The van der Waals surface area contributed by atoms with Gasteiger partial charge in [0, 0.05) is 54.6 Å². The Morgan fingerprint density at radius 2 is 1.66 bits per heavy atom. The lowest BCUT2D eigenvalue weighted by Gasteiger charge is -2.44. The first kappa shape index (κ1) is 33.9. The summed E-state index contributed by atoms with van der Waals surface area (Å²) in [5.74, 6) is 0.390. The van der Waals surface area contributed by atoms with E-state index in [2.05, 4.69) is 10.2 Å². The van der Waals surface area contributed by atoms with Crippen LogP contribution in [0.15, 0.2) is 42.5 Å². The number of hydrogen-bond donors (Lipinski definition) is 1. The minimum Gasteiger partial charge on any atom is -0.497 e. The van der Waals surface area contributed by atoms with Crippen LogP contribution in [0.25, 0.3) is 0 Å². The molecule has 44 heavy (non-hydrogen) atoms. The summed E-state index contributed by atoms with van der Waals surface area (Å²) in [6, 6.07) is 11.4. The van der Waals surface area contributed by atoms with Crippen molar-refractivity contribution in [2.75, 3.05) is 39.9 Å². The molecule has 2 amide bonds. The molecule has 1 aliphatic heterocycles. The predicted octanol–water partition coefficient (Wildman–Crippen LogP) is 6.00. The van der Waals surface area contributed by atoms with Crippen molar-refractivity contribution < 1.29 is 28.6 Å². The monoisotopic (exact) mass is 647 g/mol. The number of benzene rings is 2. The zero-order valence-corrected chi connectivity index (χ0v) is 27.5.